The van der Waals surface area contributed by atoms with E-state index in [1.165, 1.54) is 11.1 Å². The normalized spacial score (nSPS) is 19.9. The summed E-state index contributed by atoms with van der Waals surface area (Å²) in [5.41, 5.74) is 3.43. The molecule has 1 aliphatic heterocycles. The molecule has 1 amide bonds. The highest BCUT2D eigenvalue weighted by Gasteiger charge is 2.31. The van der Waals surface area contributed by atoms with Gasteiger partial charge in [-0.1, -0.05) is 26.0 Å². The van der Waals surface area contributed by atoms with Gasteiger partial charge >= 0.3 is 0 Å². The minimum Gasteiger partial charge on any atom is -0.311 e. The van der Waals surface area contributed by atoms with Crippen LogP contribution in [-0.4, -0.2) is 24.5 Å². The van der Waals surface area contributed by atoms with Crippen LogP contribution < -0.4 is 10.2 Å². The summed E-state index contributed by atoms with van der Waals surface area (Å²) in [7, 11) is 0. The van der Waals surface area contributed by atoms with Crippen molar-refractivity contribution in [3.05, 3.63) is 29.3 Å². The molecule has 1 atom stereocenters. The Labute approximate surface area is 109 Å². The van der Waals surface area contributed by atoms with Crippen molar-refractivity contribution in [3.8, 4) is 0 Å². The number of hydrogen-bond acceptors (Lipinski definition) is 2. The van der Waals surface area contributed by atoms with Gasteiger partial charge in [-0.15, -0.1) is 0 Å². The zero-order valence-electron chi connectivity index (χ0n) is 11.7. The Morgan fingerprint density at radius 1 is 1.33 bits per heavy atom. The maximum atomic E-state index is 12.1. The first-order valence-electron chi connectivity index (χ1n) is 6.61. The minimum absolute atomic E-state index is 0.224. The number of nitrogens with zero attached hydrogens (tertiary/aromatic N) is 1. The van der Waals surface area contributed by atoms with Crippen LogP contribution in [0.3, 0.4) is 0 Å². The molecule has 3 heteroatoms. The Hall–Kier alpha value is -1.35. The second kappa shape index (κ2) is 5.11. The number of anilines is 1. The largest absolute Gasteiger partial charge is 0.311 e. The minimum atomic E-state index is 0.224. The summed E-state index contributed by atoms with van der Waals surface area (Å²) in [5.74, 6) is 0.224. The van der Waals surface area contributed by atoms with Gasteiger partial charge in [0.25, 0.3) is 0 Å². The summed E-state index contributed by atoms with van der Waals surface area (Å²) in [4.78, 5) is 14.0. The van der Waals surface area contributed by atoms with Crippen LogP contribution in [0.1, 0.15) is 31.4 Å². The van der Waals surface area contributed by atoms with Gasteiger partial charge < -0.3 is 10.2 Å². The maximum absolute atomic E-state index is 12.1. The first-order chi connectivity index (χ1) is 8.47. The first kappa shape index (κ1) is 13.1. The molecule has 1 aromatic carbocycles. The number of amides is 1. The Morgan fingerprint density at radius 2 is 2.06 bits per heavy atom. The monoisotopic (exact) mass is 246 g/mol. The van der Waals surface area contributed by atoms with Gasteiger partial charge in [0.1, 0.15) is 0 Å². The SMILES string of the molecule is Cc1ccc(C)c(N2CC(NC(C)C)CC2=O)c1. The standard InChI is InChI=1S/C15H22N2O/c1-10(2)16-13-8-15(18)17(9-13)14-7-11(3)5-6-12(14)4/h5-7,10,13,16H,8-9H2,1-4H3. The van der Waals surface area contributed by atoms with Crippen molar-refractivity contribution in [1.82, 2.24) is 5.32 Å². The van der Waals surface area contributed by atoms with E-state index in [9.17, 15) is 4.79 Å². The number of aryl methyl sites for hydroxylation is 2. The number of carbonyl (C=O) groups is 1. The molecule has 0 radical (unpaired) electrons. The summed E-state index contributed by atoms with van der Waals surface area (Å²) in [6, 6.07) is 6.97. The highest BCUT2D eigenvalue weighted by Crippen LogP contribution is 2.26. The fourth-order valence-electron chi connectivity index (χ4n) is 2.53. The van der Waals surface area contributed by atoms with Crippen molar-refractivity contribution >= 4 is 11.6 Å². The van der Waals surface area contributed by atoms with E-state index < -0.39 is 0 Å². The Kier molecular flexibility index (Phi) is 3.71. The van der Waals surface area contributed by atoms with Crippen molar-refractivity contribution in [2.24, 2.45) is 0 Å². The van der Waals surface area contributed by atoms with Crippen LogP contribution in [0.25, 0.3) is 0 Å². The lowest BCUT2D eigenvalue weighted by molar-refractivity contribution is -0.117. The molecule has 98 valence electrons. The van der Waals surface area contributed by atoms with Gasteiger partial charge in [-0.3, -0.25) is 4.79 Å². The van der Waals surface area contributed by atoms with Crippen molar-refractivity contribution in [2.45, 2.75) is 46.2 Å². The molecular formula is C15H22N2O. The summed E-state index contributed by atoms with van der Waals surface area (Å²) < 4.78 is 0. The zero-order valence-corrected chi connectivity index (χ0v) is 11.7. The number of benzene rings is 1. The zero-order chi connectivity index (χ0) is 13.3. The third kappa shape index (κ3) is 2.72. The van der Waals surface area contributed by atoms with Crippen molar-refractivity contribution < 1.29 is 4.79 Å². The van der Waals surface area contributed by atoms with E-state index in [0.717, 1.165) is 12.2 Å². The van der Waals surface area contributed by atoms with Crippen LogP contribution in [-0.2, 0) is 4.79 Å². The van der Waals surface area contributed by atoms with Crippen LogP contribution >= 0.6 is 0 Å². The first-order valence-corrected chi connectivity index (χ1v) is 6.61. The lowest BCUT2D eigenvalue weighted by Gasteiger charge is -2.20. The third-order valence-corrected chi connectivity index (χ3v) is 3.35. The molecule has 0 spiro atoms. The van der Waals surface area contributed by atoms with Crippen LogP contribution in [0.15, 0.2) is 18.2 Å². The predicted molar refractivity (Wildman–Crippen MR) is 74.9 cm³/mol. The highest BCUT2D eigenvalue weighted by molar-refractivity contribution is 5.97. The fraction of sp³-hybridized carbons (Fsp3) is 0.533. The number of rotatable bonds is 3. The fourth-order valence-corrected chi connectivity index (χ4v) is 2.53. The molecule has 0 aromatic heterocycles. The highest BCUT2D eigenvalue weighted by atomic mass is 16.2. The molecule has 1 saturated heterocycles. The average molecular weight is 246 g/mol. The summed E-state index contributed by atoms with van der Waals surface area (Å²) in [6.45, 7) is 9.13. The predicted octanol–water partition coefficient (Wildman–Crippen LogP) is 2.41. The number of carbonyl (C=O) groups excluding carboxylic acids is 1. The van der Waals surface area contributed by atoms with Crippen molar-refractivity contribution in [3.63, 3.8) is 0 Å². The second-order valence-electron chi connectivity index (χ2n) is 5.52. The lowest BCUT2D eigenvalue weighted by Crippen LogP contribution is -2.37. The summed E-state index contributed by atoms with van der Waals surface area (Å²) in [5, 5.41) is 3.44. The Balaban J connectivity index is 2.19. The number of hydrogen-bond donors (Lipinski definition) is 1. The van der Waals surface area contributed by atoms with Crippen molar-refractivity contribution in [2.75, 3.05) is 11.4 Å². The van der Waals surface area contributed by atoms with Crippen LogP contribution in [0, 0.1) is 13.8 Å². The molecule has 1 heterocycles. The molecule has 1 N–H and O–H groups in total. The van der Waals surface area contributed by atoms with Gasteiger partial charge in [0.2, 0.25) is 5.91 Å². The molecule has 0 saturated carbocycles. The molecule has 1 aliphatic rings. The van der Waals surface area contributed by atoms with Gasteiger partial charge in [0.05, 0.1) is 0 Å². The average Bonchev–Trinajstić information content (AvgIpc) is 2.62. The van der Waals surface area contributed by atoms with Crippen LogP contribution in [0.5, 0.6) is 0 Å². The van der Waals surface area contributed by atoms with E-state index in [1.54, 1.807) is 0 Å². The lowest BCUT2D eigenvalue weighted by atomic mass is 10.1. The number of nitrogens with one attached hydrogen (secondary N) is 1. The van der Waals surface area contributed by atoms with E-state index in [4.69, 9.17) is 0 Å². The molecule has 0 bridgehead atoms. The van der Waals surface area contributed by atoms with Gasteiger partial charge in [-0.25, -0.2) is 0 Å². The Morgan fingerprint density at radius 3 is 2.72 bits per heavy atom. The molecule has 2 rings (SSSR count). The van der Waals surface area contributed by atoms with E-state index in [2.05, 4.69) is 51.2 Å². The van der Waals surface area contributed by atoms with E-state index >= 15 is 0 Å². The maximum Gasteiger partial charge on any atom is 0.228 e. The molecule has 3 nitrogen and oxygen atoms in total. The van der Waals surface area contributed by atoms with Crippen LogP contribution in [0.2, 0.25) is 0 Å². The topological polar surface area (TPSA) is 32.3 Å². The van der Waals surface area contributed by atoms with Gasteiger partial charge in [-0.2, -0.15) is 0 Å². The van der Waals surface area contributed by atoms with E-state index in [0.29, 0.717) is 12.5 Å². The molecular weight excluding hydrogens is 224 g/mol. The molecule has 1 aromatic rings. The van der Waals surface area contributed by atoms with Crippen molar-refractivity contribution in [1.29, 1.82) is 0 Å². The quantitative estimate of drug-likeness (QED) is 0.888. The molecule has 0 aliphatic carbocycles. The Bertz CT molecular complexity index is 454. The van der Waals surface area contributed by atoms with E-state index in [1.807, 2.05) is 4.90 Å². The van der Waals surface area contributed by atoms with E-state index in [-0.39, 0.29) is 11.9 Å². The molecule has 18 heavy (non-hydrogen) atoms. The summed E-state index contributed by atoms with van der Waals surface area (Å²) in [6.07, 6.45) is 0.603. The molecule has 1 unspecified atom stereocenters. The molecule has 1 fully saturated rings. The smallest absolute Gasteiger partial charge is 0.228 e. The second-order valence-corrected chi connectivity index (χ2v) is 5.52. The van der Waals surface area contributed by atoms with Crippen LogP contribution in [0.4, 0.5) is 5.69 Å². The van der Waals surface area contributed by atoms with Gasteiger partial charge in [0, 0.05) is 30.7 Å². The van der Waals surface area contributed by atoms with Gasteiger partial charge in [0.15, 0.2) is 0 Å². The third-order valence-electron chi connectivity index (χ3n) is 3.35. The summed E-state index contributed by atoms with van der Waals surface area (Å²) >= 11 is 0. The van der Waals surface area contributed by atoms with Gasteiger partial charge in [-0.05, 0) is 31.0 Å².